The number of ketones is 1. The highest BCUT2D eigenvalue weighted by atomic mass is 16.3. The zero-order valence-electron chi connectivity index (χ0n) is 6.35. The maximum atomic E-state index is 11.0. The third-order valence-corrected chi connectivity index (χ3v) is 2.15. The lowest BCUT2D eigenvalue weighted by molar-refractivity contribution is -0.116. The molecule has 0 aromatic carbocycles. The molecular formula is C8H12O2. The number of rotatable bonds is 0. The molecule has 0 aromatic rings. The molecule has 1 rings (SSSR count). The monoisotopic (exact) mass is 140 g/mol. The van der Waals surface area contributed by atoms with Gasteiger partial charge in [0.2, 0.25) is 0 Å². The third-order valence-electron chi connectivity index (χ3n) is 2.15. The van der Waals surface area contributed by atoms with Crippen molar-refractivity contribution in [2.45, 2.75) is 32.8 Å². The molecule has 0 amide bonds. The zero-order chi connectivity index (χ0) is 7.72. The number of aliphatic hydroxyl groups is 1. The van der Waals surface area contributed by atoms with Gasteiger partial charge in [-0.1, -0.05) is 0 Å². The van der Waals surface area contributed by atoms with E-state index in [2.05, 4.69) is 0 Å². The second kappa shape index (κ2) is 2.54. The Morgan fingerprint density at radius 3 is 2.60 bits per heavy atom. The maximum Gasteiger partial charge on any atom is 0.158 e. The molecule has 1 aliphatic carbocycles. The van der Waals surface area contributed by atoms with Gasteiger partial charge in [-0.05, 0) is 31.4 Å². The average Bonchev–Trinajstić information content (AvgIpc) is 1.93. The Hall–Kier alpha value is -0.630. The van der Waals surface area contributed by atoms with Crippen LogP contribution < -0.4 is 0 Å². The molecule has 0 bridgehead atoms. The largest absolute Gasteiger partial charge is 0.389 e. The summed E-state index contributed by atoms with van der Waals surface area (Å²) in [5.41, 5.74) is 1.59. The standard InChI is InChI=1S/C8H12O2/c1-5-6(2)8(10)4-3-7(5)9/h7,9H,3-4H2,1-2H3. The molecule has 2 heteroatoms. The highest BCUT2D eigenvalue weighted by molar-refractivity contribution is 5.96. The highest BCUT2D eigenvalue weighted by Crippen LogP contribution is 2.21. The fourth-order valence-electron chi connectivity index (χ4n) is 1.14. The van der Waals surface area contributed by atoms with Crippen LogP contribution in [-0.4, -0.2) is 17.0 Å². The van der Waals surface area contributed by atoms with Crippen LogP contribution in [0.2, 0.25) is 0 Å². The molecule has 2 nitrogen and oxygen atoms in total. The Labute approximate surface area is 60.6 Å². The Kier molecular flexibility index (Phi) is 1.90. The Balaban J connectivity index is 2.92. The van der Waals surface area contributed by atoms with Gasteiger partial charge in [-0.25, -0.2) is 0 Å². The molecule has 0 fully saturated rings. The van der Waals surface area contributed by atoms with Gasteiger partial charge in [-0.2, -0.15) is 0 Å². The lowest BCUT2D eigenvalue weighted by atomic mass is 9.90. The lowest BCUT2D eigenvalue weighted by Gasteiger charge is -2.18. The summed E-state index contributed by atoms with van der Waals surface area (Å²) >= 11 is 0. The van der Waals surface area contributed by atoms with Crippen molar-refractivity contribution in [2.75, 3.05) is 0 Å². The van der Waals surface area contributed by atoms with E-state index >= 15 is 0 Å². The number of hydrogen-bond donors (Lipinski definition) is 1. The number of Topliss-reactive ketones (excluding diaryl/α,β-unsaturated/α-hetero) is 1. The van der Waals surface area contributed by atoms with E-state index in [0.717, 1.165) is 11.1 Å². The molecule has 0 saturated heterocycles. The predicted octanol–water partition coefficient (Wildman–Crippen LogP) is 1.05. The first-order valence-corrected chi connectivity index (χ1v) is 3.51. The molecule has 0 heterocycles. The summed E-state index contributed by atoms with van der Waals surface area (Å²) in [7, 11) is 0. The normalized spacial score (nSPS) is 27.5. The summed E-state index contributed by atoms with van der Waals surface area (Å²) in [6.45, 7) is 3.59. The molecule has 0 aliphatic heterocycles. The quantitative estimate of drug-likeness (QED) is 0.546. The van der Waals surface area contributed by atoms with Crippen LogP contribution in [0.4, 0.5) is 0 Å². The van der Waals surface area contributed by atoms with Crippen LogP contribution in [0.25, 0.3) is 0 Å². The topological polar surface area (TPSA) is 37.3 Å². The van der Waals surface area contributed by atoms with E-state index in [1.54, 1.807) is 6.92 Å². The number of carbonyl (C=O) groups is 1. The van der Waals surface area contributed by atoms with Gasteiger partial charge in [-0.3, -0.25) is 4.79 Å². The Bertz CT molecular complexity index is 191. The minimum Gasteiger partial charge on any atom is -0.389 e. The average molecular weight is 140 g/mol. The van der Waals surface area contributed by atoms with Crippen molar-refractivity contribution >= 4 is 5.78 Å². The summed E-state index contributed by atoms with van der Waals surface area (Å²) < 4.78 is 0. The molecule has 0 spiro atoms. The van der Waals surface area contributed by atoms with E-state index in [-0.39, 0.29) is 11.9 Å². The van der Waals surface area contributed by atoms with Crippen LogP contribution in [0.15, 0.2) is 11.1 Å². The fraction of sp³-hybridized carbons (Fsp3) is 0.625. The molecule has 0 radical (unpaired) electrons. The summed E-state index contributed by atoms with van der Waals surface area (Å²) in [6.07, 6.45) is 0.726. The molecule has 0 aromatic heterocycles. The summed E-state index contributed by atoms with van der Waals surface area (Å²) in [5.74, 6) is 0.183. The van der Waals surface area contributed by atoms with Crippen LogP contribution in [-0.2, 0) is 4.79 Å². The van der Waals surface area contributed by atoms with Gasteiger partial charge in [0, 0.05) is 6.42 Å². The predicted molar refractivity (Wildman–Crippen MR) is 38.6 cm³/mol. The van der Waals surface area contributed by atoms with E-state index in [1.807, 2.05) is 6.92 Å². The molecule has 1 N–H and O–H groups in total. The summed E-state index contributed by atoms with van der Waals surface area (Å²) in [6, 6.07) is 0. The first kappa shape index (κ1) is 7.48. The van der Waals surface area contributed by atoms with Crippen LogP contribution in [0.1, 0.15) is 26.7 Å². The number of aliphatic hydroxyl groups excluding tert-OH is 1. The molecular weight excluding hydrogens is 128 g/mol. The second-order valence-electron chi connectivity index (χ2n) is 2.79. The van der Waals surface area contributed by atoms with E-state index in [9.17, 15) is 9.90 Å². The minimum absolute atomic E-state index is 0.183. The zero-order valence-corrected chi connectivity index (χ0v) is 6.35. The van der Waals surface area contributed by atoms with Crippen LogP contribution in [0.5, 0.6) is 0 Å². The van der Waals surface area contributed by atoms with Gasteiger partial charge in [0.05, 0.1) is 6.10 Å². The second-order valence-corrected chi connectivity index (χ2v) is 2.79. The van der Waals surface area contributed by atoms with E-state index in [1.165, 1.54) is 0 Å². The SMILES string of the molecule is CC1=C(C)C(O)CCC1=O. The first-order valence-electron chi connectivity index (χ1n) is 3.51. The van der Waals surface area contributed by atoms with Crippen molar-refractivity contribution in [1.29, 1.82) is 0 Å². The van der Waals surface area contributed by atoms with Crippen molar-refractivity contribution in [3.05, 3.63) is 11.1 Å². The van der Waals surface area contributed by atoms with Crippen molar-refractivity contribution in [1.82, 2.24) is 0 Å². The van der Waals surface area contributed by atoms with E-state index in [0.29, 0.717) is 12.8 Å². The van der Waals surface area contributed by atoms with E-state index in [4.69, 9.17) is 0 Å². The van der Waals surface area contributed by atoms with Crippen molar-refractivity contribution in [3.8, 4) is 0 Å². The van der Waals surface area contributed by atoms with Gasteiger partial charge in [0.25, 0.3) is 0 Å². The van der Waals surface area contributed by atoms with Crippen LogP contribution >= 0.6 is 0 Å². The molecule has 10 heavy (non-hydrogen) atoms. The maximum absolute atomic E-state index is 11.0. The fourth-order valence-corrected chi connectivity index (χ4v) is 1.14. The summed E-state index contributed by atoms with van der Waals surface area (Å²) in [4.78, 5) is 11.0. The molecule has 1 unspecified atom stereocenters. The summed E-state index contributed by atoms with van der Waals surface area (Å²) in [5, 5.41) is 9.26. The number of hydrogen-bond acceptors (Lipinski definition) is 2. The number of carbonyl (C=O) groups excluding carboxylic acids is 1. The third kappa shape index (κ3) is 1.12. The molecule has 1 atom stereocenters. The van der Waals surface area contributed by atoms with Gasteiger partial charge >= 0.3 is 0 Å². The number of allylic oxidation sites excluding steroid dienone is 1. The molecule has 0 saturated carbocycles. The van der Waals surface area contributed by atoms with Crippen LogP contribution in [0, 0.1) is 0 Å². The van der Waals surface area contributed by atoms with Gasteiger partial charge in [-0.15, -0.1) is 0 Å². The molecule has 1 aliphatic rings. The van der Waals surface area contributed by atoms with Crippen molar-refractivity contribution < 1.29 is 9.90 Å². The van der Waals surface area contributed by atoms with Gasteiger partial charge < -0.3 is 5.11 Å². The van der Waals surface area contributed by atoms with Crippen LogP contribution in [0.3, 0.4) is 0 Å². The highest BCUT2D eigenvalue weighted by Gasteiger charge is 2.20. The first-order chi connectivity index (χ1) is 4.63. The smallest absolute Gasteiger partial charge is 0.158 e. The van der Waals surface area contributed by atoms with Gasteiger partial charge in [0.15, 0.2) is 5.78 Å². The minimum atomic E-state index is -0.377. The van der Waals surface area contributed by atoms with Crippen molar-refractivity contribution in [3.63, 3.8) is 0 Å². The van der Waals surface area contributed by atoms with Gasteiger partial charge in [0.1, 0.15) is 0 Å². The van der Waals surface area contributed by atoms with Crippen molar-refractivity contribution in [2.24, 2.45) is 0 Å². The van der Waals surface area contributed by atoms with E-state index < -0.39 is 0 Å². The Morgan fingerprint density at radius 1 is 1.50 bits per heavy atom. The lowest BCUT2D eigenvalue weighted by Crippen LogP contribution is -2.20. The Morgan fingerprint density at radius 2 is 2.10 bits per heavy atom. The molecule has 56 valence electrons.